The summed E-state index contributed by atoms with van der Waals surface area (Å²) in [5.74, 6) is -0.398. The van der Waals surface area contributed by atoms with E-state index in [0.29, 0.717) is 23.6 Å². The highest BCUT2D eigenvalue weighted by Crippen LogP contribution is 2.33. The first-order valence-electron chi connectivity index (χ1n) is 7.35. The molecule has 0 aromatic heterocycles. The highest BCUT2D eigenvalue weighted by Gasteiger charge is 2.27. The topological polar surface area (TPSA) is 72.9 Å². The molecule has 0 saturated carbocycles. The maximum atomic E-state index is 12.1. The van der Waals surface area contributed by atoms with Gasteiger partial charge in [-0.2, -0.15) is 0 Å². The summed E-state index contributed by atoms with van der Waals surface area (Å²) in [6, 6.07) is 4.81. The van der Waals surface area contributed by atoms with E-state index >= 15 is 0 Å². The molecule has 2 rings (SSSR count). The second kappa shape index (κ2) is 7.46. The van der Waals surface area contributed by atoms with E-state index in [-0.39, 0.29) is 37.2 Å². The molecule has 6 nitrogen and oxygen atoms in total. The van der Waals surface area contributed by atoms with Gasteiger partial charge in [0, 0.05) is 12.1 Å². The molecule has 7 heteroatoms. The Morgan fingerprint density at radius 2 is 2.17 bits per heavy atom. The lowest BCUT2D eigenvalue weighted by atomic mass is 10.1. The Morgan fingerprint density at radius 1 is 1.43 bits per heavy atom. The normalized spacial score (nSPS) is 14.7. The van der Waals surface area contributed by atoms with Crippen LogP contribution in [0.3, 0.4) is 0 Å². The van der Waals surface area contributed by atoms with Crippen LogP contribution in [0.15, 0.2) is 18.2 Å². The van der Waals surface area contributed by atoms with Gasteiger partial charge >= 0.3 is 5.97 Å². The van der Waals surface area contributed by atoms with Crippen molar-refractivity contribution in [3.05, 3.63) is 23.8 Å². The number of esters is 1. The molecular formula is C16H18ClNO5. The molecule has 1 amide bonds. The first-order valence-corrected chi connectivity index (χ1v) is 7.78. The van der Waals surface area contributed by atoms with Gasteiger partial charge in [-0.15, -0.1) is 11.6 Å². The lowest BCUT2D eigenvalue weighted by Crippen LogP contribution is -2.40. The molecule has 1 atom stereocenters. The molecule has 1 aromatic carbocycles. The standard InChI is InChI=1S/C16H18ClNO5/c1-3-22-15(20)6-7-18-12-8-11(16(21)10(2)17)4-5-13(12)23-9-14(18)19/h4-5,8,10H,3,6-7,9H2,1-2H3. The molecule has 0 bridgehead atoms. The number of amides is 1. The fourth-order valence-electron chi connectivity index (χ4n) is 2.27. The number of halogens is 1. The molecule has 1 aliphatic rings. The van der Waals surface area contributed by atoms with Crippen molar-refractivity contribution in [2.45, 2.75) is 25.6 Å². The molecule has 1 heterocycles. The van der Waals surface area contributed by atoms with Gasteiger partial charge in [0.1, 0.15) is 5.75 Å². The van der Waals surface area contributed by atoms with Gasteiger partial charge in [0.25, 0.3) is 5.91 Å². The van der Waals surface area contributed by atoms with Crippen LogP contribution in [-0.2, 0) is 14.3 Å². The summed E-state index contributed by atoms with van der Waals surface area (Å²) in [7, 11) is 0. The molecule has 0 N–H and O–H groups in total. The van der Waals surface area contributed by atoms with Gasteiger partial charge in [0.2, 0.25) is 0 Å². The van der Waals surface area contributed by atoms with Crippen molar-refractivity contribution in [1.29, 1.82) is 0 Å². The second-order valence-electron chi connectivity index (χ2n) is 5.05. The number of fused-ring (bicyclic) bond motifs is 1. The first-order chi connectivity index (χ1) is 10.9. The Balaban J connectivity index is 2.24. The second-order valence-corrected chi connectivity index (χ2v) is 5.71. The Bertz CT molecular complexity index is 629. The predicted octanol–water partition coefficient (Wildman–Crippen LogP) is 2.18. The fourth-order valence-corrected chi connectivity index (χ4v) is 2.39. The molecule has 0 fully saturated rings. The van der Waals surface area contributed by atoms with E-state index in [2.05, 4.69) is 0 Å². The van der Waals surface area contributed by atoms with E-state index in [1.54, 1.807) is 32.0 Å². The van der Waals surface area contributed by atoms with Gasteiger partial charge in [-0.1, -0.05) is 0 Å². The number of hydrogen-bond donors (Lipinski definition) is 0. The first kappa shape index (κ1) is 17.3. The van der Waals surface area contributed by atoms with E-state index in [4.69, 9.17) is 21.1 Å². The van der Waals surface area contributed by atoms with E-state index < -0.39 is 5.38 Å². The van der Waals surface area contributed by atoms with Crippen molar-refractivity contribution >= 4 is 34.9 Å². The number of benzene rings is 1. The number of anilines is 1. The van der Waals surface area contributed by atoms with Crippen LogP contribution < -0.4 is 9.64 Å². The summed E-state index contributed by atoms with van der Waals surface area (Å²) >= 11 is 5.83. The van der Waals surface area contributed by atoms with Gasteiger partial charge in [0.05, 0.1) is 24.1 Å². The highest BCUT2D eigenvalue weighted by molar-refractivity contribution is 6.33. The molecule has 1 unspecified atom stereocenters. The summed E-state index contributed by atoms with van der Waals surface area (Å²) < 4.78 is 10.2. The number of carbonyl (C=O) groups is 3. The molecule has 0 aliphatic carbocycles. The molecule has 124 valence electrons. The number of rotatable bonds is 6. The molecule has 1 aromatic rings. The SMILES string of the molecule is CCOC(=O)CCN1C(=O)COc2ccc(C(=O)C(C)Cl)cc21. The van der Waals surface area contributed by atoms with Crippen LogP contribution in [0, 0.1) is 0 Å². The summed E-state index contributed by atoms with van der Waals surface area (Å²) in [4.78, 5) is 37.0. The van der Waals surface area contributed by atoms with Crippen LogP contribution in [0.2, 0.25) is 0 Å². The summed E-state index contributed by atoms with van der Waals surface area (Å²) in [5.41, 5.74) is 0.861. The van der Waals surface area contributed by atoms with Crippen molar-refractivity contribution in [3.63, 3.8) is 0 Å². The van der Waals surface area contributed by atoms with Gasteiger partial charge in [-0.3, -0.25) is 14.4 Å². The Morgan fingerprint density at radius 3 is 2.83 bits per heavy atom. The fraction of sp³-hybridized carbons (Fsp3) is 0.438. The van der Waals surface area contributed by atoms with Crippen molar-refractivity contribution in [2.24, 2.45) is 0 Å². The van der Waals surface area contributed by atoms with E-state index in [1.165, 1.54) is 4.90 Å². The van der Waals surface area contributed by atoms with Gasteiger partial charge in [-0.05, 0) is 32.0 Å². The van der Waals surface area contributed by atoms with Crippen LogP contribution in [0.4, 0.5) is 5.69 Å². The van der Waals surface area contributed by atoms with Crippen LogP contribution in [0.25, 0.3) is 0 Å². The minimum Gasteiger partial charge on any atom is -0.482 e. The minimum atomic E-state index is -0.666. The molecular weight excluding hydrogens is 322 g/mol. The molecule has 0 spiro atoms. The number of ketones is 1. The van der Waals surface area contributed by atoms with Crippen LogP contribution in [0.1, 0.15) is 30.6 Å². The third kappa shape index (κ3) is 4.01. The van der Waals surface area contributed by atoms with Crippen molar-refractivity contribution in [2.75, 3.05) is 24.7 Å². The number of nitrogens with zero attached hydrogens (tertiary/aromatic N) is 1. The van der Waals surface area contributed by atoms with Crippen molar-refractivity contribution in [3.8, 4) is 5.75 Å². The van der Waals surface area contributed by atoms with Gasteiger partial charge in [-0.25, -0.2) is 0 Å². The lowest BCUT2D eigenvalue weighted by Gasteiger charge is -2.29. The smallest absolute Gasteiger partial charge is 0.307 e. The third-order valence-electron chi connectivity index (χ3n) is 3.39. The van der Waals surface area contributed by atoms with Gasteiger partial charge in [0.15, 0.2) is 12.4 Å². The molecule has 0 saturated heterocycles. The predicted molar refractivity (Wildman–Crippen MR) is 85.2 cm³/mol. The zero-order valence-electron chi connectivity index (χ0n) is 13.0. The Hall–Kier alpha value is -2.08. The quantitative estimate of drug-likeness (QED) is 0.451. The highest BCUT2D eigenvalue weighted by atomic mass is 35.5. The van der Waals surface area contributed by atoms with Crippen molar-refractivity contribution < 1.29 is 23.9 Å². The van der Waals surface area contributed by atoms with Crippen LogP contribution in [-0.4, -0.2) is 42.8 Å². The summed E-state index contributed by atoms with van der Waals surface area (Å²) in [6.07, 6.45) is 0.0725. The Labute approximate surface area is 139 Å². The monoisotopic (exact) mass is 339 g/mol. The van der Waals surface area contributed by atoms with E-state index in [1.807, 2.05) is 0 Å². The van der Waals surface area contributed by atoms with Crippen molar-refractivity contribution in [1.82, 2.24) is 0 Å². The average molecular weight is 340 g/mol. The number of alkyl halides is 1. The van der Waals surface area contributed by atoms with Gasteiger partial charge < -0.3 is 14.4 Å². The Kier molecular flexibility index (Phi) is 5.60. The van der Waals surface area contributed by atoms with Crippen LogP contribution >= 0.6 is 11.6 Å². The zero-order valence-corrected chi connectivity index (χ0v) is 13.8. The number of hydrogen-bond acceptors (Lipinski definition) is 5. The number of carbonyl (C=O) groups excluding carboxylic acids is 3. The number of ether oxygens (including phenoxy) is 2. The largest absolute Gasteiger partial charge is 0.482 e. The van der Waals surface area contributed by atoms with E-state index in [9.17, 15) is 14.4 Å². The molecule has 23 heavy (non-hydrogen) atoms. The maximum absolute atomic E-state index is 12.1. The maximum Gasteiger partial charge on any atom is 0.307 e. The average Bonchev–Trinajstić information content (AvgIpc) is 2.52. The number of Topliss-reactive ketones (excluding diaryl/α,β-unsaturated/α-hetero) is 1. The molecule has 0 radical (unpaired) electrons. The molecule has 1 aliphatic heterocycles. The summed E-state index contributed by atoms with van der Waals surface area (Å²) in [5, 5.41) is -0.666. The third-order valence-corrected chi connectivity index (χ3v) is 3.59. The lowest BCUT2D eigenvalue weighted by molar-refractivity contribution is -0.142. The van der Waals surface area contributed by atoms with Crippen LogP contribution in [0.5, 0.6) is 5.75 Å². The van der Waals surface area contributed by atoms with E-state index in [0.717, 1.165) is 0 Å². The minimum absolute atomic E-state index is 0.0725. The zero-order chi connectivity index (χ0) is 17.0. The summed E-state index contributed by atoms with van der Waals surface area (Å²) in [6.45, 7) is 3.66.